The second-order valence-electron chi connectivity index (χ2n) is 9.85. The van der Waals surface area contributed by atoms with E-state index < -0.39 is 0 Å². The number of fused-ring (bicyclic) bond motifs is 5. The highest BCUT2D eigenvalue weighted by Gasteiger charge is 2.54. The number of piperidine rings is 1. The highest BCUT2D eigenvalue weighted by atomic mass is 16.3. The molecule has 5 rings (SSSR count). The molecule has 4 atom stereocenters. The van der Waals surface area contributed by atoms with Crippen LogP contribution in [0.3, 0.4) is 0 Å². The molecule has 27 heavy (non-hydrogen) atoms. The number of hydrogen-bond acceptors (Lipinski definition) is 3. The van der Waals surface area contributed by atoms with Crippen LogP contribution in [0.1, 0.15) is 80.9 Å². The first-order valence-electron chi connectivity index (χ1n) is 11.2. The molecule has 0 amide bonds. The van der Waals surface area contributed by atoms with E-state index in [1.54, 1.807) is 0 Å². The number of carbonyl (C=O) groups is 1. The van der Waals surface area contributed by atoms with E-state index in [9.17, 15) is 9.90 Å². The van der Waals surface area contributed by atoms with Crippen molar-refractivity contribution in [2.75, 3.05) is 13.1 Å². The van der Waals surface area contributed by atoms with Gasteiger partial charge in [-0.05, 0) is 93.0 Å². The maximum absolute atomic E-state index is 12.5. The van der Waals surface area contributed by atoms with Crippen LogP contribution in [0.2, 0.25) is 0 Å². The minimum atomic E-state index is -0.0494. The Kier molecular flexibility index (Phi) is 4.34. The summed E-state index contributed by atoms with van der Waals surface area (Å²) in [5, 5.41) is 10.6. The van der Waals surface area contributed by atoms with Gasteiger partial charge in [-0.15, -0.1) is 0 Å². The maximum atomic E-state index is 12.5. The summed E-state index contributed by atoms with van der Waals surface area (Å²) in [6, 6.07) is 4.41. The Morgan fingerprint density at radius 2 is 1.93 bits per heavy atom. The van der Waals surface area contributed by atoms with Crippen molar-refractivity contribution in [3.63, 3.8) is 0 Å². The predicted octanol–water partition coefficient (Wildman–Crippen LogP) is 4.80. The van der Waals surface area contributed by atoms with Gasteiger partial charge in [0, 0.05) is 23.9 Å². The highest BCUT2D eigenvalue weighted by molar-refractivity contribution is 5.87. The molecule has 1 aromatic rings. The van der Waals surface area contributed by atoms with E-state index >= 15 is 0 Å². The number of aryl methyl sites for hydroxylation is 1. The van der Waals surface area contributed by atoms with E-state index in [0.717, 1.165) is 57.3 Å². The average Bonchev–Trinajstić information content (AvgIpc) is 2.98. The van der Waals surface area contributed by atoms with Crippen LogP contribution in [0, 0.1) is 17.3 Å². The first-order chi connectivity index (χ1) is 13.1. The monoisotopic (exact) mass is 367 g/mol. The summed E-state index contributed by atoms with van der Waals surface area (Å²) >= 11 is 0. The summed E-state index contributed by atoms with van der Waals surface area (Å²) in [6.07, 6.45) is 10.3. The Morgan fingerprint density at radius 3 is 2.74 bits per heavy atom. The van der Waals surface area contributed by atoms with Crippen molar-refractivity contribution >= 4 is 5.78 Å². The summed E-state index contributed by atoms with van der Waals surface area (Å²) in [5.41, 5.74) is 3.93. The largest absolute Gasteiger partial charge is 0.508 e. The van der Waals surface area contributed by atoms with E-state index in [4.69, 9.17) is 0 Å². The molecule has 0 spiro atoms. The van der Waals surface area contributed by atoms with Crippen molar-refractivity contribution in [3.8, 4) is 5.75 Å². The van der Waals surface area contributed by atoms with Crippen LogP contribution >= 0.6 is 0 Å². The van der Waals surface area contributed by atoms with Gasteiger partial charge in [-0.2, -0.15) is 0 Å². The van der Waals surface area contributed by atoms with E-state index in [2.05, 4.69) is 24.0 Å². The van der Waals surface area contributed by atoms with Crippen LogP contribution < -0.4 is 0 Å². The third-order valence-electron chi connectivity index (χ3n) is 8.48. The molecule has 1 N–H and O–H groups in total. The molecular weight excluding hydrogens is 334 g/mol. The number of rotatable bonds is 2. The van der Waals surface area contributed by atoms with E-state index in [1.807, 2.05) is 0 Å². The predicted molar refractivity (Wildman–Crippen MR) is 107 cm³/mol. The van der Waals surface area contributed by atoms with Crippen LogP contribution in [-0.2, 0) is 17.8 Å². The van der Waals surface area contributed by atoms with Crippen LogP contribution in [0.4, 0.5) is 0 Å². The van der Waals surface area contributed by atoms with E-state index in [0.29, 0.717) is 29.3 Å². The standard InChI is InChI=1S/C24H33NO2/c1-24-10-9-18-19(21(24)7-8-23(24)27)6-5-16-14-22(26)17(13-20(16)18)15-25-11-3-2-4-12-25/h13-14,18-19,21,26H,2-12,15H2,1H3. The van der Waals surface area contributed by atoms with E-state index in [1.165, 1.54) is 36.8 Å². The molecule has 1 aliphatic heterocycles. The number of ketones is 1. The fraction of sp³-hybridized carbons (Fsp3) is 0.708. The van der Waals surface area contributed by atoms with Crippen LogP contribution in [0.15, 0.2) is 12.1 Å². The summed E-state index contributed by atoms with van der Waals surface area (Å²) in [5.74, 6) is 2.85. The summed E-state index contributed by atoms with van der Waals surface area (Å²) in [6.45, 7) is 5.45. The first-order valence-corrected chi connectivity index (χ1v) is 11.2. The highest BCUT2D eigenvalue weighted by Crippen LogP contribution is 2.59. The number of benzene rings is 1. The number of carbonyl (C=O) groups excluding carboxylic acids is 1. The van der Waals surface area contributed by atoms with Crippen molar-refractivity contribution in [3.05, 3.63) is 28.8 Å². The molecule has 3 aliphatic carbocycles. The van der Waals surface area contributed by atoms with Gasteiger partial charge >= 0.3 is 0 Å². The Bertz CT molecular complexity index is 751. The topological polar surface area (TPSA) is 40.5 Å². The molecule has 1 saturated heterocycles. The van der Waals surface area contributed by atoms with Crippen molar-refractivity contribution in [1.82, 2.24) is 4.90 Å². The van der Waals surface area contributed by atoms with Crippen LogP contribution in [0.25, 0.3) is 0 Å². The number of hydrogen-bond donors (Lipinski definition) is 1. The summed E-state index contributed by atoms with van der Waals surface area (Å²) in [4.78, 5) is 15.0. The first kappa shape index (κ1) is 17.7. The van der Waals surface area contributed by atoms with Crippen LogP contribution in [0.5, 0.6) is 5.75 Å². The van der Waals surface area contributed by atoms with Gasteiger partial charge in [0.25, 0.3) is 0 Å². The number of likely N-dealkylation sites (tertiary alicyclic amines) is 1. The third-order valence-corrected chi connectivity index (χ3v) is 8.48. The molecular formula is C24H33NO2. The molecule has 2 saturated carbocycles. The lowest BCUT2D eigenvalue weighted by Crippen LogP contribution is -2.42. The Balaban J connectivity index is 1.44. The normalized spacial score (nSPS) is 36.2. The lowest BCUT2D eigenvalue weighted by molar-refractivity contribution is -0.129. The number of nitrogens with zero attached hydrogens (tertiary/aromatic N) is 1. The average molecular weight is 368 g/mol. The van der Waals surface area contributed by atoms with Crippen molar-refractivity contribution < 1.29 is 9.90 Å². The fourth-order valence-corrected chi connectivity index (χ4v) is 6.91. The van der Waals surface area contributed by atoms with Gasteiger partial charge in [-0.1, -0.05) is 19.4 Å². The summed E-state index contributed by atoms with van der Waals surface area (Å²) < 4.78 is 0. The minimum Gasteiger partial charge on any atom is -0.508 e. The molecule has 3 fully saturated rings. The second-order valence-corrected chi connectivity index (χ2v) is 9.85. The molecule has 4 aliphatic rings. The zero-order valence-corrected chi connectivity index (χ0v) is 16.7. The Morgan fingerprint density at radius 1 is 1.11 bits per heavy atom. The molecule has 0 bridgehead atoms. The van der Waals surface area contributed by atoms with E-state index in [-0.39, 0.29) is 5.41 Å². The van der Waals surface area contributed by atoms with Crippen molar-refractivity contribution in [2.45, 2.75) is 77.2 Å². The zero-order valence-electron chi connectivity index (χ0n) is 16.7. The molecule has 0 radical (unpaired) electrons. The molecule has 3 nitrogen and oxygen atoms in total. The molecule has 3 heteroatoms. The van der Waals surface area contributed by atoms with Gasteiger partial charge in [0.1, 0.15) is 11.5 Å². The second kappa shape index (κ2) is 6.62. The van der Waals surface area contributed by atoms with Gasteiger partial charge in [-0.3, -0.25) is 9.69 Å². The molecule has 4 unspecified atom stereocenters. The lowest BCUT2D eigenvalue weighted by Gasteiger charge is -2.48. The fourth-order valence-electron chi connectivity index (χ4n) is 6.91. The minimum absolute atomic E-state index is 0.0494. The van der Waals surface area contributed by atoms with Gasteiger partial charge in [0.2, 0.25) is 0 Å². The van der Waals surface area contributed by atoms with Gasteiger partial charge in [0.15, 0.2) is 0 Å². The maximum Gasteiger partial charge on any atom is 0.139 e. The van der Waals surface area contributed by atoms with Gasteiger partial charge < -0.3 is 5.11 Å². The number of phenols is 1. The van der Waals surface area contributed by atoms with Gasteiger partial charge in [-0.25, -0.2) is 0 Å². The third kappa shape index (κ3) is 2.85. The van der Waals surface area contributed by atoms with Crippen molar-refractivity contribution in [2.24, 2.45) is 17.3 Å². The number of phenolic OH excluding ortho intramolecular Hbond substituents is 1. The molecule has 1 heterocycles. The zero-order chi connectivity index (χ0) is 18.6. The lowest BCUT2D eigenvalue weighted by atomic mass is 9.55. The van der Waals surface area contributed by atoms with Gasteiger partial charge in [0.05, 0.1) is 0 Å². The Hall–Kier alpha value is -1.35. The Labute approximate surface area is 163 Å². The smallest absolute Gasteiger partial charge is 0.139 e. The molecule has 1 aromatic carbocycles. The van der Waals surface area contributed by atoms with Crippen LogP contribution in [-0.4, -0.2) is 28.9 Å². The molecule has 0 aromatic heterocycles. The number of Topliss-reactive ketones (excluding diaryl/α,β-unsaturated/α-hetero) is 1. The quantitative estimate of drug-likeness (QED) is 0.816. The molecule has 146 valence electrons. The van der Waals surface area contributed by atoms with Crippen molar-refractivity contribution in [1.29, 1.82) is 0 Å². The summed E-state index contributed by atoms with van der Waals surface area (Å²) in [7, 11) is 0. The SMILES string of the molecule is CC12CCC3c4cc(CN5CCCCC5)c(O)cc4CCC3C1CCC2=O. The number of aromatic hydroxyl groups is 1.